The summed E-state index contributed by atoms with van der Waals surface area (Å²) in [6.07, 6.45) is 3.49. The lowest BCUT2D eigenvalue weighted by Crippen LogP contribution is -2.55. The lowest BCUT2D eigenvalue weighted by molar-refractivity contribution is -0.137. The van der Waals surface area contributed by atoms with Crippen molar-refractivity contribution in [2.45, 2.75) is 26.1 Å². The lowest BCUT2D eigenvalue weighted by Gasteiger charge is -2.31. The zero-order valence-corrected chi connectivity index (χ0v) is 20.0. The summed E-state index contributed by atoms with van der Waals surface area (Å²) in [6, 6.07) is 11.0. The highest BCUT2D eigenvalue weighted by atomic mass is 35.5. The van der Waals surface area contributed by atoms with E-state index in [-0.39, 0.29) is 37.2 Å². The number of fused-ring (bicyclic) bond motifs is 1. The van der Waals surface area contributed by atoms with Crippen molar-refractivity contribution in [2.24, 2.45) is 0 Å². The third-order valence-electron chi connectivity index (χ3n) is 5.35. The highest BCUT2D eigenvalue weighted by Gasteiger charge is 2.23. The van der Waals surface area contributed by atoms with Crippen LogP contribution in [-0.2, 0) is 22.7 Å². The third-order valence-corrected chi connectivity index (χ3v) is 5.78. The van der Waals surface area contributed by atoms with E-state index in [0.29, 0.717) is 12.1 Å². The molecule has 0 bridgehead atoms. The number of nitrogens with one attached hydrogen (secondary N) is 3. The molecular weight excluding hydrogens is 480 g/mol. The maximum atomic E-state index is 13.7. The van der Waals surface area contributed by atoms with Crippen LogP contribution in [0.2, 0.25) is 5.02 Å². The van der Waals surface area contributed by atoms with E-state index in [2.05, 4.69) is 16.2 Å². The third kappa shape index (κ3) is 7.46. The monoisotopic (exact) mass is 507 g/mol. The summed E-state index contributed by atoms with van der Waals surface area (Å²) < 4.78 is 26.4. The Hall–Kier alpha value is -3.05. The van der Waals surface area contributed by atoms with Crippen LogP contribution in [-0.4, -0.2) is 54.3 Å². The van der Waals surface area contributed by atoms with Gasteiger partial charge in [-0.15, -0.1) is 0 Å². The number of hydrogen-bond donors (Lipinski definition) is 3. The highest BCUT2D eigenvalue weighted by Crippen LogP contribution is 2.20. The van der Waals surface area contributed by atoms with Gasteiger partial charge in [0.2, 0.25) is 5.91 Å². The Balaban J connectivity index is 1.59. The minimum Gasteiger partial charge on any atom is -0.312 e. The Morgan fingerprint density at radius 3 is 2.80 bits per heavy atom. The van der Waals surface area contributed by atoms with Gasteiger partial charge in [0.25, 0.3) is 0 Å². The molecule has 11 heteroatoms. The normalized spacial score (nSPS) is 13.3. The molecule has 1 aliphatic heterocycles. The number of carbonyl (C=O) groups excluding carboxylic acids is 2. The zero-order valence-electron chi connectivity index (χ0n) is 19.3. The van der Waals surface area contributed by atoms with E-state index in [1.165, 1.54) is 29.0 Å². The Bertz CT molecular complexity index is 1060. The smallest absolute Gasteiger partial charge is 0.312 e. The quantitative estimate of drug-likeness (QED) is 0.321. The number of amides is 3. The van der Waals surface area contributed by atoms with Gasteiger partial charge in [-0.05, 0) is 28.8 Å². The lowest BCUT2D eigenvalue weighted by atomic mass is 10.0. The van der Waals surface area contributed by atoms with Gasteiger partial charge in [-0.1, -0.05) is 48.0 Å². The number of urea groups is 1. The molecule has 0 aromatic heterocycles. The summed E-state index contributed by atoms with van der Waals surface area (Å²) in [7, 11) is 0. The molecule has 1 heterocycles. The van der Waals surface area contributed by atoms with Gasteiger partial charge in [0, 0.05) is 32.8 Å². The van der Waals surface area contributed by atoms with E-state index in [9.17, 15) is 18.4 Å². The van der Waals surface area contributed by atoms with Crippen molar-refractivity contribution in [1.29, 1.82) is 0 Å². The fourth-order valence-electron chi connectivity index (χ4n) is 3.56. The number of benzene rings is 2. The molecule has 1 atom stereocenters. The van der Waals surface area contributed by atoms with Crippen molar-refractivity contribution in [3.8, 4) is 0 Å². The van der Waals surface area contributed by atoms with Crippen LogP contribution in [0.15, 0.2) is 48.7 Å². The van der Waals surface area contributed by atoms with E-state index in [1.54, 1.807) is 12.3 Å². The van der Waals surface area contributed by atoms with Gasteiger partial charge in [0.15, 0.2) is 0 Å². The second-order valence-corrected chi connectivity index (χ2v) is 8.22. The van der Waals surface area contributed by atoms with Gasteiger partial charge < -0.3 is 5.32 Å². The Kier molecular flexibility index (Phi) is 9.98. The van der Waals surface area contributed by atoms with Crippen LogP contribution in [0.5, 0.6) is 0 Å². The van der Waals surface area contributed by atoms with Gasteiger partial charge in [-0.2, -0.15) is 0 Å². The molecule has 35 heavy (non-hydrogen) atoms. The predicted molar refractivity (Wildman–Crippen MR) is 129 cm³/mol. The summed E-state index contributed by atoms with van der Waals surface area (Å²) in [4.78, 5) is 31.8. The van der Waals surface area contributed by atoms with Gasteiger partial charge in [0.1, 0.15) is 12.5 Å². The molecule has 188 valence electrons. The first-order valence-electron chi connectivity index (χ1n) is 11.1. The van der Waals surface area contributed by atoms with Crippen LogP contribution in [0.25, 0.3) is 6.08 Å². The average molecular weight is 508 g/mol. The highest BCUT2D eigenvalue weighted by molar-refractivity contribution is 6.31. The molecule has 0 unspecified atom stereocenters. The molecule has 3 N–H and O–H groups in total. The Morgan fingerprint density at radius 1 is 1.23 bits per heavy atom. The second-order valence-electron chi connectivity index (χ2n) is 7.84. The SMILES string of the molecule is CC(=O)N(NCc1cccc(F)c1Cl)[C@@H](CNCCF)CONC(=O)N1C=Cc2ccccc2C1. The molecule has 0 saturated heterocycles. The molecule has 0 aliphatic carbocycles. The molecule has 3 amide bonds. The minimum atomic E-state index is -0.621. The molecule has 0 radical (unpaired) electrons. The molecule has 2 aromatic carbocycles. The topological polar surface area (TPSA) is 85.9 Å². The summed E-state index contributed by atoms with van der Waals surface area (Å²) in [6.45, 7) is 1.39. The summed E-state index contributed by atoms with van der Waals surface area (Å²) in [5.74, 6) is -0.919. The maximum absolute atomic E-state index is 13.7. The summed E-state index contributed by atoms with van der Waals surface area (Å²) in [5, 5.41) is 4.13. The number of rotatable bonds is 11. The van der Waals surface area contributed by atoms with E-state index in [1.807, 2.05) is 30.3 Å². The molecule has 0 fully saturated rings. The van der Waals surface area contributed by atoms with Crippen LogP contribution < -0.4 is 16.2 Å². The van der Waals surface area contributed by atoms with E-state index in [4.69, 9.17) is 16.4 Å². The summed E-state index contributed by atoms with van der Waals surface area (Å²) in [5.41, 5.74) is 7.81. The van der Waals surface area contributed by atoms with Crippen molar-refractivity contribution < 1.29 is 23.2 Å². The van der Waals surface area contributed by atoms with Crippen LogP contribution in [0, 0.1) is 5.82 Å². The molecule has 1 aliphatic rings. The van der Waals surface area contributed by atoms with Crippen LogP contribution in [0.1, 0.15) is 23.6 Å². The minimum absolute atomic E-state index is 0.0460. The van der Waals surface area contributed by atoms with Crippen molar-refractivity contribution >= 4 is 29.6 Å². The number of hydrazine groups is 1. The van der Waals surface area contributed by atoms with E-state index in [0.717, 1.165) is 11.1 Å². The number of hydroxylamine groups is 1. The first-order valence-corrected chi connectivity index (χ1v) is 11.5. The number of carbonyl (C=O) groups is 2. The molecule has 8 nitrogen and oxygen atoms in total. The zero-order chi connectivity index (χ0) is 25.2. The maximum Gasteiger partial charge on any atom is 0.345 e. The van der Waals surface area contributed by atoms with Crippen LogP contribution in [0.4, 0.5) is 13.6 Å². The molecule has 0 saturated carbocycles. The summed E-state index contributed by atoms with van der Waals surface area (Å²) >= 11 is 6.01. The number of alkyl halides is 1. The fraction of sp³-hybridized carbons (Fsp3) is 0.333. The van der Waals surface area contributed by atoms with Gasteiger partial charge in [-0.3, -0.25) is 19.5 Å². The average Bonchev–Trinajstić information content (AvgIpc) is 2.85. The number of hydrogen-bond acceptors (Lipinski definition) is 5. The van der Waals surface area contributed by atoms with Gasteiger partial charge in [-0.25, -0.2) is 24.5 Å². The van der Waals surface area contributed by atoms with Crippen molar-refractivity contribution in [2.75, 3.05) is 26.4 Å². The number of halogens is 3. The molecule has 2 aromatic rings. The second kappa shape index (κ2) is 13.1. The van der Waals surface area contributed by atoms with E-state index >= 15 is 0 Å². The Labute approximate surface area is 207 Å². The molecular formula is C24H28ClF2N5O3. The number of nitrogens with zero attached hydrogens (tertiary/aromatic N) is 2. The first-order chi connectivity index (χ1) is 16.9. The van der Waals surface area contributed by atoms with Crippen LogP contribution in [0.3, 0.4) is 0 Å². The van der Waals surface area contributed by atoms with E-state index < -0.39 is 24.6 Å². The van der Waals surface area contributed by atoms with Gasteiger partial charge in [0.05, 0.1) is 24.2 Å². The van der Waals surface area contributed by atoms with Crippen molar-refractivity contribution in [1.82, 2.24) is 26.1 Å². The first kappa shape index (κ1) is 26.6. The van der Waals surface area contributed by atoms with Crippen LogP contribution >= 0.6 is 11.6 Å². The molecule has 3 rings (SSSR count). The Morgan fingerprint density at radius 2 is 2.03 bits per heavy atom. The fourth-order valence-corrected chi connectivity index (χ4v) is 3.75. The van der Waals surface area contributed by atoms with Crippen molar-refractivity contribution in [3.63, 3.8) is 0 Å². The standard InChI is InChI=1S/C24H28ClF2N5O3/c1-17(33)32(29-13-19-7-4-8-22(27)23(19)25)21(14-28-11-10-26)16-35-30-24(34)31-12-9-18-5-2-3-6-20(18)15-31/h2-9,12,21,28-29H,10-11,13-16H2,1H3,(H,30,34)/t21-/m0/s1. The predicted octanol–water partition coefficient (Wildman–Crippen LogP) is 3.39. The molecule has 0 spiro atoms. The largest absolute Gasteiger partial charge is 0.345 e. The van der Waals surface area contributed by atoms with Gasteiger partial charge >= 0.3 is 6.03 Å². The van der Waals surface area contributed by atoms with Crippen molar-refractivity contribution in [3.05, 3.63) is 76.2 Å².